The predicted octanol–water partition coefficient (Wildman–Crippen LogP) is 4.08. The van der Waals surface area contributed by atoms with Crippen molar-refractivity contribution >= 4 is 11.8 Å². The molecule has 0 aliphatic rings. The van der Waals surface area contributed by atoms with Crippen LogP contribution in [0, 0.1) is 0 Å². The fourth-order valence-corrected chi connectivity index (χ4v) is 1.99. The number of rotatable bonds is 3. The van der Waals surface area contributed by atoms with Gasteiger partial charge in [-0.15, -0.1) is 11.8 Å². The summed E-state index contributed by atoms with van der Waals surface area (Å²) >= 11 is 1.76. The van der Waals surface area contributed by atoms with Crippen LogP contribution in [0.1, 0.15) is 0 Å². The lowest BCUT2D eigenvalue weighted by atomic mass is 10.1. The van der Waals surface area contributed by atoms with E-state index in [-0.39, 0.29) is 0 Å². The second-order valence-electron chi connectivity index (χ2n) is 3.46. The molecule has 2 heteroatoms. The summed E-state index contributed by atoms with van der Waals surface area (Å²) in [4.78, 5) is 1.28. The van der Waals surface area contributed by atoms with Gasteiger partial charge in [0.1, 0.15) is 5.75 Å². The Kier molecular flexibility index (Phi) is 3.52. The zero-order chi connectivity index (χ0) is 11.4. The molecule has 0 amide bonds. The molecule has 0 fully saturated rings. The number of benzene rings is 2. The van der Waals surface area contributed by atoms with Crippen LogP contribution < -0.4 is 4.74 Å². The highest BCUT2D eigenvalue weighted by Gasteiger charge is 1.99. The first kappa shape index (κ1) is 11.1. The van der Waals surface area contributed by atoms with Crippen molar-refractivity contribution in [3.63, 3.8) is 0 Å². The third-order valence-electron chi connectivity index (χ3n) is 2.49. The molecule has 2 aromatic carbocycles. The molecule has 0 heterocycles. The SMILES string of the molecule is COc1cccc(-c2ccc(SC)cc2)c1. The number of ether oxygens (including phenoxy) is 1. The van der Waals surface area contributed by atoms with E-state index in [0.29, 0.717) is 0 Å². The Morgan fingerprint density at radius 3 is 2.31 bits per heavy atom. The molecule has 0 atom stereocenters. The van der Waals surface area contributed by atoms with Crippen LogP contribution in [-0.4, -0.2) is 13.4 Å². The average molecular weight is 230 g/mol. The molecule has 2 aromatic rings. The van der Waals surface area contributed by atoms with Crippen molar-refractivity contribution in [2.75, 3.05) is 13.4 Å². The highest BCUT2D eigenvalue weighted by molar-refractivity contribution is 7.98. The topological polar surface area (TPSA) is 9.23 Å². The van der Waals surface area contributed by atoms with E-state index in [1.54, 1.807) is 18.9 Å². The Balaban J connectivity index is 2.34. The molecule has 0 spiro atoms. The molecule has 2 rings (SSSR count). The molecule has 0 aromatic heterocycles. The zero-order valence-corrected chi connectivity index (χ0v) is 10.3. The van der Waals surface area contributed by atoms with Crippen molar-refractivity contribution < 1.29 is 4.74 Å². The highest BCUT2D eigenvalue weighted by Crippen LogP contribution is 2.25. The second kappa shape index (κ2) is 5.08. The molecule has 1 nitrogen and oxygen atoms in total. The second-order valence-corrected chi connectivity index (χ2v) is 4.34. The van der Waals surface area contributed by atoms with E-state index in [1.807, 2.05) is 18.2 Å². The third kappa shape index (κ3) is 2.39. The van der Waals surface area contributed by atoms with Crippen molar-refractivity contribution in [3.05, 3.63) is 48.5 Å². The van der Waals surface area contributed by atoms with Crippen LogP contribution >= 0.6 is 11.8 Å². The van der Waals surface area contributed by atoms with Gasteiger partial charge in [-0.3, -0.25) is 0 Å². The predicted molar refractivity (Wildman–Crippen MR) is 70.2 cm³/mol. The van der Waals surface area contributed by atoms with Gasteiger partial charge in [-0.05, 0) is 41.6 Å². The molecule has 0 bridgehead atoms. The summed E-state index contributed by atoms with van der Waals surface area (Å²) in [6, 6.07) is 16.7. The van der Waals surface area contributed by atoms with Crippen molar-refractivity contribution in [2.24, 2.45) is 0 Å². The van der Waals surface area contributed by atoms with E-state index in [0.717, 1.165) is 5.75 Å². The van der Waals surface area contributed by atoms with Crippen molar-refractivity contribution in [1.29, 1.82) is 0 Å². The van der Waals surface area contributed by atoms with Gasteiger partial charge in [0.25, 0.3) is 0 Å². The summed E-state index contributed by atoms with van der Waals surface area (Å²) < 4.78 is 5.22. The standard InChI is InChI=1S/C14H14OS/c1-15-13-5-3-4-12(10-13)11-6-8-14(16-2)9-7-11/h3-10H,1-2H3. The fraction of sp³-hybridized carbons (Fsp3) is 0.143. The minimum Gasteiger partial charge on any atom is -0.497 e. The monoisotopic (exact) mass is 230 g/mol. The molecule has 0 radical (unpaired) electrons. The number of hydrogen-bond donors (Lipinski definition) is 0. The fourth-order valence-electron chi connectivity index (χ4n) is 1.59. The maximum atomic E-state index is 5.22. The Bertz CT molecular complexity index is 462. The molecular formula is C14H14OS. The Morgan fingerprint density at radius 2 is 1.69 bits per heavy atom. The first-order chi connectivity index (χ1) is 7.83. The van der Waals surface area contributed by atoms with Crippen LogP contribution in [0.5, 0.6) is 5.75 Å². The summed E-state index contributed by atoms with van der Waals surface area (Å²) in [5.41, 5.74) is 2.41. The normalized spacial score (nSPS) is 10.1. The molecule has 82 valence electrons. The average Bonchev–Trinajstić information content (AvgIpc) is 2.39. The summed E-state index contributed by atoms with van der Waals surface area (Å²) in [7, 11) is 1.69. The van der Waals surface area contributed by atoms with E-state index >= 15 is 0 Å². The van der Waals surface area contributed by atoms with E-state index in [1.165, 1.54) is 16.0 Å². The van der Waals surface area contributed by atoms with Crippen molar-refractivity contribution in [1.82, 2.24) is 0 Å². The van der Waals surface area contributed by atoms with Gasteiger partial charge in [-0.2, -0.15) is 0 Å². The van der Waals surface area contributed by atoms with Gasteiger partial charge in [0.2, 0.25) is 0 Å². The number of hydrogen-bond acceptors (Lipinski definition) is 2. The minimum absolute atomic E-state index is 0.895. The molecule has 0 saturated heterocycles. The maximum Gasteiger partial charge on any atom is 0.119 e. The highest BCUT2D eigenvalue weighted by atomic mass is 32.2. The largest absolute Gasteiger partial charge is 0.497 e. The Hall–Kier alpha value is -1.41. The van der Waals surface area contributed by atoms with Crippen LogP contribution in [0.25, 0.3) is 11.1 Å². The quantitative estimate of drug-likeness (QED) is 0.735. The number of methoxy groups -OCH3 is 1. The van der Waals surface area contributed by atoms with Gasteiger partial charge in [-0.1, -0.05) is 24.3 Å². The van der Waals surface area contributed by atoms with Crippen LogP contribution in [0.4, 0.5) is 0 Å². The summed E-state index contributed by atoms with van der Waals surface area (Å²) in [5, 5.41) is 0. The molecule has 16 heavy (non-hydrogen) atoms. The summed E-state index contributed by atoms with van der Waals surface area (Å²) in [6.45, 7) is 0. The Morgan fingerprint density at radius 1 is 0.938 bits per heavy atom. The van der Waals surface area contributed by atoms with Gasteiger partial charge in [0, 0.05) is 4.90 Å². The third-order valence-corrected chi connectivity index (χ3v) is 3.24. The number of thioether (sulfide) groups is 1. The Labute approximate surface area is 100 Å². The van der Waals surface area contributed by atoms with Crippen molar-refractivity contribution in [2.45, 2.75) is 4.90 Å². The first-order valence-corrected chi connectivity index (χ1v) is 6.34. The van der Waals surface area contributed by atoms with Crippen LogP contribution in [0.2, 0.25) is 0 Å². The molecular weight excluding hydrogens is 216 g/mol. The zero-order valence-electron chi connectivity index (χ0n) is 9.44. The molecule has 0 unspecified atom stereocenters. The lowest BCUT2D eigenvalue weighted by molar-refractivity contribution is 0.415. The van der Waals surface area contributed by atoms with Gasteiger partial charge in [-0.25, -0.2) is 0 Å². The smallest absolute Gasteiger partial charge is 0.119 e. The molecule has 0 N–H and O–H groups in total. The molecule has 0 saturated carbocycles. The lowest BCUT2D eigenvalue weighted by Crippen LogP contribution is -1.83. The van der Waals surface area contributed by atoms with E-state index in [9.17, 15) is 0 Å². The maximum absolute atomic E-state index is 5.22. The van der Waals surface area contributed by atoms with E-state index < -0.39 is 0 Å². The molecule has 0 aliphatic carbocycles. The minimum atomic E-state index is 0.895. The summed E-state index contributed by atoms with van der Waals surface area (Å²) in [5.74, 6) is 0.895. The van der Waals surface area contributed by atoms with Crippen LogP contribution in [0.3, 0.4) is 0 Å². The van der Waals surface area contributed by atoms with Crippen molar-refractivity contribution in [3.8, 4) is 16.9 Å². The molecule has 0 aliphatic heterocycles. The summed E-state index contributed by atoms with van der Waals surface area (Å²) in [6.07, 6.45) is 2.08. The van der Waals surface area contributed by atoms with Crippen LogP contribution in [-0.2, 0) is 0 Å². The lowest BCUT2D eigenvalue weighted by Gasteiger charge is -2.05. The van der Waals surface area contributed by atoms with Gasteiger partial charge in [0.15, 0.2) is 0 Å². The van der Waals surface area contributed by atoms with Gasteiger partial charge < -0.3 is 4.74 Å². The van der Waals surface area contributed by atoms with Crippen LogP contribution in [0.15, 0.2) is 53.4 Å². The van der Waals surface area contributed by atoms with E-state index in [4.69, 9.17) is 4.74 Å². The van der Waals surface area contributed by atoms with E-state index in [2.05, 4.69) is 36.6 Å². The first-order valence-electron chi connectivity index (χ1n) is 5.12. The van der Waals surface area contributed by atoms with Gasteiger partial charge in [0.05, 0.1) is 7.11 Å². The van der Waals surface area contributed by atoms with Gasteiger partial charge >= 0.3 is 0 Å².